The van der Waals surface area contributed by atoms with Gasteiger partial charge in [0.1, 0.15) is 5.82 Å². The van der Waals surface area contributed by atoms with Gasteiger partial charge in [-0.3, -0.25) is 14.3 Å². The molecule has 0 aliphatic heterocycles. The smallest absolute Gasteiger partial charge is 0.258 e. The summed E-state index contributed by atoms with van der Waals surface area (Å²) < 4.78 is 2.20. The molecule has 1 aliphatic rings. The third kappa shape index (κ3) is 3.09. The van der Waals surface area contributed by atoms with E-state index in [4.69, 9.17) is 0 Å². The molecule has 1 N–H and O–H groups in total. The minimum absolute atomic E-state index is 0.0655. The van der Waals surface area contributed by atoms with E-state index in [1.54, 1.807) is 30.2 Å². The third-order valence-electron chi connectivity index (χ3n) is 4.81. The first-order valence-corrected chi connectivity index (χ1v) is 10.1. The Bertz CT molecular complexity index is 1200. The monoisotopic (exact) mass is 390 g/mol. The number of fused-ring (bicyclic) bond motifs is 1. The van der Waals surface area contributed by atoms with E-state index in [1.807, 2.05) is 37.3 Å². The predicted molar refractivity (Wildman–Crippen MR) is 108 cm³/mol. The molecule has 140 valence electrons. The van der Waals surface area contributed by atoms with E-state index in [1.165, 1.54) is 0 Å². The Hall–Kier alpha value is -3.00. The molecule has 3 aromatic heterocycles. The van der Waals surface area contributed by atoms with E-state index in [9.17, 15) is 4.79 Å². The molecule has 0 unspecified atom stereocenters. The quantitative estimate of drug-likeness (QED) is 0.522. The van der Waals surface area contributed by atoms with Crippen molar-refractivity contribution in [2.45, 2.75) is 36.2 Å². The summed E-state index contributed by atoms with van der Waals surface area (Å²) in [6, 6.07) is 11.7. The van der Waals surface area contributed by atoms with Gasteiger partial charge in [0.15, 0.2) is 11.0 Å². The van der Waals surface area contributed by atoms with Crippen LogP contribution in [0.1, 0.15) is 36.9 Å². The Morgan fingerprint density at radius 3 is 2.71 bits per heavy atom. The van der Waals surface area contributed by atoms with Gasteiger partial charge in [0.2, 0.25) is 0 Å². The fraction of sp³-hybridized carbons (Fsp3) is 0.250. The zero-order chi connectivity index (χ0) is 19.1. The van der Waals surface area contributed by atoms with Crippen LogP contribution in [0.3, 0.4) is 0 Å². The fourth-order valence-electron chi connectivity index (χ4n) is 3.23. The Labute approximate surface area is 165 Å². The lowest BCUT2D eigenvalue weighted by atomic mass is 10.2. The first-order chi connectivity index (χ1) is 13.7. The molecule has 0 amide bonds. The molecule has 1 aliphatic carbocycles. The van der Waals surface area contributed by atoms with Crippen LogP contribution in [-0.4, -0.2) is 29.7 Å². The molecule has 8 heteroatoms. The van der Waals surface area contributed by atoms with Gasteiger partial charge in [-0.2, -0.15) is 0 Å². The summed E-state index contributed by atoms with van der Waals surface area (Å²) >= 11 is 1.57. The highest BCUT2D eigenvalue weighted by Crippen LogP contribution is 2.43. The van der Waals surface area contributed by atoms with Crippen LogP contribution in [0.15, 0.2) is 58.7 Å². The highest BCUT2D eigenvalue weighted by molar-refractivity contribution is 7.99. The minimum Gasteiger partial charge on any atom is -0.309 e. The summed E-state index contributed by atoms with van der Waals surface area (Å²) in [5, 5.41) is 10.3. The molecule has 3 heterocycles. The average Bonchev–Trinajstić information content (AvgIpc) is 3.48. The van der Waals surface area contributed by atoms with Gasteiger partial charge in [0.25, 0.3) is 5.56 Å². The number of pyridine rings is 1. The van der Waals surface area contributed by atoms with Gasteiger partial charge in [0, 0.05) is 24.0 Å². The maximum Gasteiger partial charge on any atom is 0.258 e. The minimum atomic E-state index is -0.116. The van der Waals surface area contributed by atoms with Crippen LogP contribution in [0.5, 0.6) is 0 Å². The number of rotatable bonds is 5. The molecule has 1 atom stereocenters. The molecule has 0 spiro atoms. The first-order valence-electron chi connectivity index (χ1n) is 9.21. The van der Waals surface area contributed by atoms with Gasteiger partial charge >= 0.3 is 0 Å². The van der Waals surface area contributed by atoms with E-state index in [2.05, 4.69) is 29.7 Å². The summed E-state index contributed by atoms with van der Waals surface area (Å²) in [5.74, 6) is 1.50. The average molecular weight is 390 g/mol. The van der Waals surface area contributed by atoms with E-state index >= 15 is 0 Å². The van der Waals surface area contributed by atoms with Gasteiger partial charge in [-0.1, -0.05) is 23.9 Å². The first kappa shape index (κ1) is 17.1. The summed E-state index contributed by atoms with van der Waals surface area (Å²) in [6.45, 7) is 2.02. The molecule has 4 aromatic rings. The number of thioether (sulfide) groups is 1. The van der Waals surface area contributed by atoms with Crippen molar-refractivity contribution in [2.24, 2.45) is 0 Å². The zero-order valence-corrected chi connectivity index (χ0v) is 16.1. The number of aromatic nitrogens is 6. The molecule has 5 rings (SSSR count). The second kappa shape index (κ2) is 6.87. The second-order valence-electron chi connectivity index (χ2n) is 6.87. The number of benzene rings is 1. The molecular formula is C20H18N6OS. The van der Waals surface area contributed by atoms with Crippen LogP contribution in [0.25, 0.3) is 22.3 Å². The van der Waals surface area contributed by atoms with Crippen LogP contribution >= 0.6 is 11.8 Å². The Morgan fingerprint density at radius 2 is 1.93 bits per heavy atom. The van der Waals surface area contributed by atoms with Crippen molar-refractivity contribution in [3.05, 3.63) is 65.0 Å². The van der Waals surface area contributed by atoms with Gasteiger partial charge in [-0.15, -0.1) is 10.2 Å². The zero-order valence-electron chi connectivity index (χ0n) is 15.2. The summed E-state index contributed by atoms with van der Waals surface area (Å²) in [7, 11) is 0. The molecule has 1 saturated carbocycles. The molecule has 1 fully saturated rings. The SMILES string of the molecule is C[C@H](Sc1nnc(-c2ccncc2)n1C1CC1)c1nc2ccccc2c(=O)[nH]1. The lowest BCUT2D eigenvalue weighted by Crippen LogP contribution is -2.13. The molecular weight excluding hydrogens is 372 g/mol. The molecule has 1 aromatic carbocycles. The predicted octanol–water partition coefficient (Wildman–Crippen LogP) is 3.76. The standard InChI is InChI=1S/C20H18N6OS/c1-12(17-22-16-5-3-2-4-15(16)19(27)23-17)28-20-25-24-18(26(20)14-6-7-14)13-8-10-21-11-9-13/h2-5,8-12,14H,6-7H2,1H3,(H,22,23,27)/t12-/m0/s1. The van der Waals surface area contributed by atoms with E-state index in [-0.39, 0.29) is 10.8 Å². The number of nitrogens with one attached hydrogen (secondary N) is 1. The molecule has 7 nitrogen and oxygen atoms in total. The lowest BCUT2D eigenvalue weighted by Gasteiger charge is -2.13. The largest absolute Gasteiger partial charge is 0.309 e. The number of hydrogen-bond acceptors (Lipinski definition) is 6. The van der Waals surface area contributed by atoms with Crippen molar-refractivity contribution in [1.29, 1.82) is 0 Å². The summed E-state index contributed by atoms with van der Waals surface area (Å²) in [4.78, 5) is 24.0. The maximum atomic E-state index is 12.4. The van der Waals surface area contributed by atoms with E-state index < -0.39 is 0 Å². The van der Waals surface area contributed by atoms with Crippen LogP contribution in [0.2, 0.25) is 0 Å². The Kier molecular flexibility index (Phi) is 4.20. The summed E-state index contributed by atoms with van der Waals surface area (Å²) in [6.07, 6.45) is 5.78. The van der Waals surface area contributed by atoms with Crippen LogP contribution in [0.4, 0.5) is 0 Å². The van der Waals surface area contributed by atoms with Crippen LogP contribution in [-0.2, 0) is 0 Å². The van der Waals surface area contributed by atoms with Crippen molar-refractivity contribution in [2.75, 3.05) is 0 Å². The highest BCUT2D eigenvalue weighted by Gasteiger charge is 2.31. The van der Waals surface area contributed by atoms with Gasteiger partial charge < -0.3 is 4.98 Å². The molecule has 28 heavy (non-hydrogen) atoms. The number of H-pyrrole nitrogens is 1. The van der Waals surface area contributed by atoms with Crippen molar-refractivity contribution >= 4 is 22.7 Å². The lowest BCUT2D eigenvalue weighted by molar-refractivity contribution is 0.667. The fourth-order valence-corrected chi connectivity index (χ4v) is 4.20. The molecule has 0 bridgehead atoms. The topological polar surface area (TPSA) is 89.3 Å². The normalized spacial score (nSPS) is 15.0. The van der Waals surface area contributed by atoms with Crippen molar-refractivity contribution < 1.29 is 0 Å². The Morgan fingerprint density at radius 1 is 1.14 bits per heavy atom. The van der Waals surface area contributed by atoms with Gasteiger partial charge in [0.05, 0.1) is 16.2 Å². The number of nitrogens with zero attached hydrogens (tertiary/aromatic N) is 5. The number of aromatic amines is 1. The van der Waals surface area contributed by atoms with Gasteiger partial charge in [-0.25, -0.2) is 4.98 Å². The van der Waals surface area contributed by atoms with E-state index in [0.717, 1.165) is 29.4 Å². The van der Waals surface area contributed by atoms with E-state index in [0.29, 0.717) is 22.8 Å². The number of hydrogen-bond donors (Lipinski definition) is 1. The highest BCUT2D eigenvalue weighted by atomic mass is 32.2. The number of para-hydroxylation sites is 1. The molecule has 0 saturated heterocycles. The summed E-state index contributed by atoms with van der Waals surface area (Å²) in [5.41, 5.74) is 1.59. The maximum absolute atomic E-state index is 12.4. The second-order valence-corrected chi connectivity index (χ2v) is 8.18. The Balaban J connectivity index is 1.50. The third-order valence-corrected chi connectivity index (χ3v) is 5.88. The van der Waals surface area contributed by atoms with Crippen LogP contribution in [0, 0.1) is 0 Å². The van der Waals surface area contributed by atoms with Crippen LogP contribution < -0.4 is 5.56 Å². The van der Waals surface area contributed by atoms with Crippen molar-refractivity contribution in [1.82, 2.24) is 29.7 Å². The van der Waals surface area contributed by atoms with Crippen molar-refractivity contribution in [3.63, 3.8) is 0 Å². The van der Waals surface area contributed by atoms with Crippen molar-refractivity contribution in [3.8, 4) is 11.4 Å². The molecule has 0 radical (unpaired) electrons. The van der Waals surface area contributed by atoms with Gasteiger partial charge in [-0.05, 0) is 44.0 Å².